The maximum absolute atomic E-state index is 12.0. The smallest absolute Gasteiger partial charge is 0.334 e. The third-order valence-electron chi connectivity index (χ3n) is 5.70. The number of aromatic nitrogens is 3. The molecule has 1 aliphatic carbocycles. The van der Waals surface area contributed by atoms with Gasteiger partial charge in [0.15, 0.2) is 5.78 Å². The van der Waals surface area contributed by atoms with Gasteiger partial charge in [0.05, 0.1) is 18.3 Å². The van der Waals surface area contributed by atoms with E-state index in [4.69, 9.17) is 9.47 Å². The molecule has 0 spiro atoms. The summed E-state index contributed by atoms with van der Waals surface area (Å²) in [5, 5.41) is 7.94. The van der Waals surface area contributed by atoms with Crippen molar-refractivity contribution in [3.05, 3.63) is 35.7 Å². The molecule has 3 heterocycles. The summed E-state index contributed by atoms with van der Waals surface area (Å²) in [6, 6.07) is 0. The number of epoxide rings is 1. The first-order valence-electron chi connectivity index (χ1n) is 9.04. The van der Waals surface area contributed by atoms with E-state index in [1.807, 2.05) is 0 Å². The fourth-order valence-electron chi connectivity index (χ4n) is 4.01. The number of rotatable bonds is 3. The number of carbonyl (C=O) groups excluding carboxylic acids is 2. The largest absolute Gasteiger partial charge is 0.455 e. The van der Waals surface area contributed by atoms with Gasteiger partial charge in [-0.25, -0.2) is 9.48 Å². The Labute approximate surface area is 152 Å². The third kappa shape index (κ3) is 3.00. The zero-order chi connectivity index (χ0) is 18.5. The van der Waals surface area contributed by atoms with Gasteiger partial charge in [-0.05, 0) is 32.6 Å². The first kappa shape index (κ1) is 17.1. The third-order valence-corrected chi connectivity index (χ3v) is 5.70. The van der Waals surface area contributed by atoms with Crippen LogP contribution in [0.3, 0.4) is 0 Å². The van der Waals surface area contributed by atoms with E-state index in [-0.39, 0.29) is 35.5 Å². The highest BCUT2D eigenvalue weighted by atomic mass is 16.6. The molecule has 2 fully saturated rings. The predicted octanol–water partition coefficient (Wildman–Crippen LogP) is 2.24. The van der Waals surface area contributed by atoms with Crippen LogP contribution in [-0.2, 0) is 20.8 Å². The highest BCUT2D eigenvalue weighted by molar-refractivity contribution is 5.91. The molecule has 4 atom stereocenters. The molecule has 0 radical (unpaired) electrons. The van der Waals surface area contributed by atoms with Gasteiger partial charge in [-0.3, -0.25) is 4.79 Å². The highest BCUT2D eigenvalue weighted by Crippen LogP contribution is 2.49. The summed E-state index contributed by atoms with van der Waals surface area (Å²) in [4.78, 5) is 23.4. The highest BCUT2D eigenvalue weighted by Gasteiger charge is 2.61. The van der Waals surface area contributed by atoms with E-state index < -0.39 is 0 Å². The molecule has 0 saturated carbocycles. The summed E-state index contributed by atoms with van der Waals surface area (Å²) in [6.07, 6.45) is 7.01. The number of hydrogen-bond donors (Lipinski definition) is 0. The second kappa shape index (κ2) is 6.16. The van der Waals surface area contributed by atoms with Crippen molar-refractivity contribution < 1.29 is 19.1 Å². The van der Waals surface area contributed by atoms with Gasteiger partial charge in [0.25, 0.3) is 0 Å². The minimum Gasteiger partial charge on any atom is -0.455 e. The van der Waals surface area contributed by atoms with Crippen LogP contribution in [0.25, 0.3) is 0 Å². The molecule has 0 aromatic carbocycles. The Morgan fingerprint density at radius 3 is 3.04 bits per heavy atom. The average molecular weight is 357 g/mol. The number of ether oxygens (including phenoxy) is 2. The first-order valence-corrected chi connectivity index (χ1v) is 9.04. The molecule has 7 nitrogen and oxygen atoms in total. The topological polar surface area (TPSA) is 86.6 Å². The lowest BCUT2D eigenvalue weighted by Gasteiger charge is -2.20. The lowest BCUT2D eigenvalue weighted by molar-refractivity contribution is -0.140. The quantitative estimate of drug-likeness (QED) is 0.271. The van der Waals surface area contributed by atoms with Crippen molar-refractivity contribution in [2.75, 3.05) is 0 Å². The van der Waals surface area contributed by atoms with Crippen LogP contribution < -0.4 is 0 Å². The van der Waals surface area contributed by atoms with Gasteiger partial charge in [0.2, 0.25) is 0 Å². The van der Waals surface area contributed by atoms with Gasteiger partial charge in [0, 0.05) is 18.4 Å². The molecule has 1 aromatic heterocycles. The van der Waals surface area contributed by atoms with Crippen molar-refractivity contribution in [1.82, 2.24) is 15.0 Å². The van der Waals surface area contributed by atoms with Gasteiger partial charge >= 0.3 is 5.97 Å². The van der Waals surface area contributed by atoms with Gasteiger partial charge in [-0.1, -0.05) is 23.4 Å². The van der Waals surface area contributed by atoms with Gasteiger partial charge in [0.1, 0.15) is 17.9 Å². The van der Waals surface area contributed by atoms with Crippen molar-refractivity contribution in [3.63, 3.8) is 0 Å². The van der Waals surface area contributed by atoms with Gasteiger partial charge in [-0.15, -0.1) is 5.10 Å². The van der Waals surface area contributed by atoms with Crippen LogP contribution >= 0.6 is 0 Å². The number of allylic oxidation sites excluding steroid dienone is 2. The number of nitrogens with zero attached hydrogens (tertiary/aromatic N) is 3. The number of hydrogen-bond acceptors (Lipinski definition) is 6. The Morgan fingerprint density at radius 1 is 1.50 bits per heavy atom. The summed E-state index contributed by atoms with van der Waals surface area (Å²) in [6.45, 7) is 8.08. The second-order valence-corrected chi connectivity index (χ2v) is 7.65. The summed E-state index contributed by atoms with van der Waals surface area (Å²) in [5.41, 5.74) is 1.89. The molecule has 0 bridgehead atoms. The fourth-order valence-corrected chi connectivity index (χ4v) is 4.01. The Morgan fingerprint density at radius 2 is 2.31 bits per heavy atom. The van der Waals surface area contributed by atoms with E-state index in [1.54, 1.807) is 10.9 Å². The molecule has 26 heavy (non-hydrogen) atoms. The van der Waals surface area contributed by atoms with Crippen LogP contribution in [-0.4, -0.2) is 44.6 Å². The standard InChI is InChI=1S/C19H23N3O4/c1-11-14-7-6-13(9-22-10-15(12(2)23)20-21-22)5-4-8-19(3)17(26-19)16(14)25-18(11)24/h5,10,14,16-17H,1,4,6-9H2,2-3H3/b13-5+/t14-,16-,17+,19+/m0/s1. The minimum absolute atomic E-state index is 0.0145. The molecular weight excluding hydrogens is 334 g/mol. The van der Waals surface area contributed by atoms with Crippen LogP contribution in [0, 0.1) is 5.92 Å². The summed E-state index contributed by atoms with van der Waals surface area (Å²) < 4.78 is 13.2. The maximum atomic E-state index is 12.0. The summed E-state index contributed by atoms with van der Waals surface area (Å²) in [5.74, 6) is -0.411. The molecule has 4 rings (SSSR count). The maximum Gasteiger partial charge on any atom is 0.334 e. The van der Waals surface area contributed by atoms with E-state index >= 15 is 0 Å². The molecule has 7 heteroatoms. The minimum atomic E-state index is -0.301. The number of esters is 1. The zero-order valence-corrected chi connectivity index (χ0v) is 15.1. The van der Waals surface area contributed by atoms with Crippen molar-refractivity contribution >= 4 is 11.8 Å². The molecule has 138 valence electrons. The Kier molecular flexibility index (Phi) is 4.06. The average Bonchev–Trinajstić information content (AvgIpc) is 2.91. The van der Waals surface area contributed by atoms with Crippen molar-refractivity contribution in [3.8, 4) is 0 Å². The Hall–Kier alpha value is -2.28. The SMILES string of the molecule is C=C1C(=O)O[C@@H]2[C@H]3O[C@]3(C)CC/C=C(/Cn3cc(C(C)=O)nn3)CC[C@@H]12. The van der Waals surface area contributed by atoms with Crippen LogP contribution in [0.5, 0.6) is 0 Å². The molecule has 0 amide bonds. The molecule has 1 aromatic rings. The molecule has 0 unspecified atom stereocenters. The molecule has 2 saturated heterocycles. The van der Waals surface area contributed by atoms with E-state index in [1.165, 1.54) is 12.5 Å². The number of Topliss-reactive ketones (excluding diaryl/α,β-unsaturated/α-hetero) is 1. The first-order chi connectivity index (χ1) is 12.4. The zero-order valence-electron chi connectivity index (χ0n) is 15.1. The van der Waals surface area contributed by atoms with E-state index in [9.17, 15) is 9.59 Å². The molecule has 2 aliphatic heterocycles. The van der Waals surface area contributed by atoms with Gasteiger partial charge < -0.3 is 9.47 Å². The second-order valence-electron chi connectivity index (χ2n) is 7.65. The van der Waals surface area contributed by atoms with Crippen molar-refractivity contribution in [1.29, 1.82) is 0 Å². The van der Waals surface area contributed by atoms with Crippen LogP contribution in [0.1, 0.15) is 50.0 Å². The Balaban J connectivity index is 1.53. The lowest BCUT2D eigenvalue weighted by Crippen LogP contribution is -2.29. The number of fused-ring (bicyclic) bond motifs is 3. The van der Waals surface area contributed by atoms with E-state index in [0.717, 1.165) is 25.7 Å². The van der Waals surface area contributed by atoms with E-state index in [2.05, 4.69) is 29.9 Å². The summed E-state index contributed by atoms with van der Waals surface area (Å²) in [7, 11) is 0. The molecular formula is C19H23N3O4. The fraction of sp³-hybridized carbons (Fsp3) is 0.579. The van der Waals surface area contributed by atoms with Crippen LogP contribution in [0.2, 0.25) is 0 Å². The predicted molar refractivity (Wildman–Crippen MR) is 92.4 cm³/mol. The molecule has 0 N–H and O–H groups in total. The van der Waals surface area contributed by atoms with Crippen LogP contribution in [0.15, 0.2) is 30.0 Å². The van der Waals surface area contributed by atoms with Gasteiger partial charge in [-0.2, -0.15) is 0 Å². The number of ketones is 1. The van der Waals surface area contributed by atoms with Crippen molar-refractivity contribution in [2.45, 2.75) is 63.9 Å². The number of carbonyl (C=O) groups is 2. The Bertz CT molecular complexity index is 811. The summed E-state index contributed by atoms with van der Waals surface area (Å²) >= 11 is 0. The monoisotopic (exact) mass is 357 g/mol. The van der Waals surface area contributed by atoms with Crippen molar-refractivity contribution in [2.24, 2.45) is 5.92 Å². The molecule has 3 aliphatic rings. The van der Waals surface area contributed by atoms with E-state index in [0.29, 0.717) is 17.8 Å². The normalized spacial score (nSPS) is 35.8. The van der Waals surface area contributed by atoms with Crippen LogP contribution in [0.4, 0.5) is 0 Å². The lowest BCUT2D eigenvalue weighted by atomic mass is 9.84.